The average Bonchev–Trinajstić information content (AvgIpc) is 3.56. The zero-order valence-corrected chi connectivity index (χ0v) is 20.2. The molecule has 0 bridgehead atoms. The van der Waals surface area contributed by atoms with Gasteiger partial charge < -0.3 is 5.32 Å². The molecule has 0 spiro atoms. The minimum Gasteiger partial charge on any atom is -0.300 e. The SMILES string of the molecule is CN=C1NC(=O)S/C1=C\c1ccc2c(c1)=C[C@H](CCc1cccc(-c3cccs3)c1C(F)(F)F)N=2. The maximum Gasteiger partial charge on any atom is 0.417 e. The molecule has 1 atom stereocenters. The predicted octanol–water partition coefficient (Wildman–Crippen LogP) is 5.67. The van der Waals surface area contributed by atoms with Gasteiger partial charge in [0.1, 0.15) is 5.84 Å². The molecule has 0 saturated carbocycles. The van der Waals surface area contributed by atoms with Crippen LogP contribution in [-0.2, 0) is 12.6 Å². The van der Waals surface area contributed by atoms with Gasteiger partial charge in [-0.3, -0.25) is 14.8 Å². The Labute approximate surface area is 208 Å². The third-order valence-electron chi connectivity index (χ3n) is 5.84. The van der Waals surface area contributed by atoms with Gasteiger partial charge in [-0.15, -0.1) is 11.3 Å². The molecular weight excluding hydrogens is 491 g/mol. The number of aryl methyl sites for hydroxylation is 1. The molecule has 2 aliphatic heterocycles. The van der Waals surface area contributed by atoms with Gasteiger partial charge in [-0.2, -0.15) is 13.2 Å². The van der Waals surface area contributed by atoms with Crippen molar-refractivity contribution < 1.29 is 18.0 Å². The van der Waals surface area contributed by atoms with E-state index in [0.29, 0.717) is 17.1 Å². The normalized spacial score (nSPS) is 19.5. The summed E-state index contributed by atoms with van der Waals surface area (Å²) in [6.07, 6.45) is 0.187. The van der Waals surface area contributed by atoms with Crippen LogP contribution in [0.4, 0.5) is 18.0 Å². The number of carbonyl (C=O) groups is 1. The van der Waals surface area contributed by atoms with Crippen molar-refractivity contribution in [2.75, 3.05) is 7.05 Å². The molecule has 1 aromatic heterocycles. The Morgan fingerprint density at radius 1 is 1.17 bits per heavy atom. The highest BCUT2D eigenvalue weighted by molar-refractivity contribution is 8.18. The van der Waals surface area contributed by atoms with E-state index in [9.17, 15) is 18.0 Å². The fourth-order valence-electron chi connectivity index (χ4n) is 4.32. The first-order valence-corrected chi connectivity index (χ1v) is 12.6. The Morgan fingerprint density at radius 2 is 2.03 bits per heavy atom. The molecule has 2 aromatic carbocycles. The highest BCUT2D eigenvalue weighted by atomic mass is 32.2. The van der Waals surface area contributed by atoms with Gasteiger partial charge in [-0.1, -0.05) is 36.4 Å². The van der Waals surface area contributed by atoms with E-state index in [0.717, 1.165) is 32.8 Å². The largest absolute Gasteiger partial charge is 0.417 e. The lowest BCUT2D eigenvalue weighted by atomic mass is 9.95. The molecule has 0 aliphatic carbocycles. The number of thiophene rings is 1. The van der Waals surface area contributed by atoms with E-state index in [1.807, 2.05) is 30.4 Å². The lowest BCUT2D eigenvalue weighted by Crippen LogP contribution is -2.21. The number of amidine groups is 1. The van der Waals surface area contributed by atoms with E-state index in [2.05, 4.69) is 10.3 Å². The number of carbonyl (C=O) groups excluding carboxylic acids is 1. The number of nitrogens with zero attached hydrogens (tertiary/aromatic N) is 2. The molecule has 0 unspecified atom stereocenters. The van der Waals surface area contributed by atoms with Crippen LogP contribution in [0.3, 0.4) is 0 Å². The number of alkyl halides is 3. The molecule has 2 aliphatic rings. The van der Waals surface area contributed by atoms with Gasteiger partial charge in [0.05, 0.1) is 21.9 Å². The monoisotopic (exact) mass is 511 g/mol. The predicted molar refractivity (Wildman–Crippen MR) is 136 cm³/mol. The van der Waals surface area contributed by atoms with Gasteiger partial charge in [-0.25, -0.2) is 0 Å². The molecule has 5 rings (SSSR count). The van der Waals surface area contributed by atoms with E-state index in [-0.39, 0.29) is 28.8 Å². The highest BCUT2D eigenvalue weighted by Gasteiger charge is 2.36. The third kappa shape index (κ3) is 4.97. The quantitative estimate of drug-likeness (QED) is 0.480. The average molecular weight is 512 g/mol. The topological polar surface area (TPSA) is 53.8 Å². The Hall–Kier alpha value is -3.17. The highest BCUT2D eigenvalue weighted by Crippen LogP contribution is 2.41. The summed E-state index contributed by atoms with van der Waals surface area (Å²) in [6, 6.07) is 13.9. The van der Waals surface area contributed by atoms with Crippen molar-refractivity contribution >= 4 is 46.3 Å². The van der Waals surface area contributed by atoms with Crippen molar-refractivity contribution in [1.29, 1.82) is 0 Å². The first-order valence-electron chi connectivity index (χ1n) is 10.9. The number of aliphatic imine (C=N–C) groups is 1. The molecular formula is C26H20F3N3OS2. The smallest absolute Gasteiger partial charge is 0.300 e. The van der Waals surface area contributed by atoms with Crippen LogP contribution in [0, 0.1) is 0 Å². The van der Waals surface area contributed by atoms with Gasteiger partial charge >= 0.3 is 6.18 Å². The molecule has 4 nitrogen and oxygen atoms in total. The van der Waals surface area contributed by atoms with Crippen LogP contribution in [0.25, 0.3) is 22.6 Å². The van der Waals surface area contributed by atoms with Crippen molar-refractivity contribution in [3.05, 3.63) is 86.1 Å². The van der Waals surface area contributed by atoms with Gasteiger partial charge in [0.2, 0.25) is 0 Å². The van der Waals surface area contributed by atoms with Crippen LogP contribution in [0.15, 0.2) is 68.8 Å². The number of rotatable bonds is 5. The summed E-state index contributed by atoms with van der Waals surface area (Å²) in [5.74, 6) is 0.539. The van der Waals surface area contributed by atoms with Crippen LogP contribution in [0.5, 0.6) is 0 Å². The van der Waals surface area contributed by atoms with Crippen molar-refractivity contribution in [2.45, 2.75) is 25.1 Å². The van der Waals surface area contributed by atoms with Crippen molar-refractivity contribution in [1.82, 2.24) is 5.32 Å². The molecule has 3 heterocycles. The lowest BCUT2D eigenvalue weighted by Gasteiger charge is -2.17. The molecule has 1 fully saturated rings. The second-order valence-corrected chi connectivity index (χ2v) is 10.1. The van der Waals surface area contributed by atoms with E-state index in [1.165, 1.54) is 17.4 Å². The van der Waals surface area contributed by atoms with E-state index in [1.54, 1.807) is 36.7 Å². The maximum atomic E-state index is 14.0. The summed E-state index contributed by atoms with van der Waals surface area (Å²) in [5, 5.41) is 6.06. The maximum absolute atomic E-state index is 14.0. The fourth-order valence-corrected chi connectivity index (χ4v) is 5.86. The molecule has 1 amide bonds. The van der Waals surface area contributed by atoms with Gasteiger partial charge in [0, 0.05) is 17.5 Å². The zero-order chi connectivity index (χ0) is 24.6. The second-order valence-electron chi connectivity index (χ2n) is 8.13. The van der Waals surface area contributed by atoms with E-state index in [4.69, 9.17) is 4.99 Å². The van der Waals surface area contributed by atoms with E-state index < -0.39 is 11.7 Å². The van der Waals surface area contributed by atoms with Crippen molar-refractivity contribution in [3.63, 3.8) is 0 Å². The summed E-state index contributed by atoms with van der Waals surface area (Å²) in [5.41, 5.74) is 0.859. The molecule has 9 heteroatoms. The van der Waals surface area contributed by atoms with Gasteiger partial charge in [0.25, 0.3) is 5.24 Å². The minimum absolute atomic E-state index is 0.166. The number of amides is 1. The number of thioether (sulfide) groups is 1. The number of hydrogen-bond donors (Lipinski definition) is 1. The van der Waals surface area contributed by atoms with Crippen LogP contribution in [-0.4, -0.2) is 24.2 Å². The first kappa shape index (κ1) is 23.6. The molecule has 0 radical (unpaired) electrons. The van der Waals surface area contributed by atoms with Crippen LogP contribution in [0.2, 0.25) is 0 Å². The summed E-state index contributed by atoms with van der Waals surface area (Å²) >= 11 is 2.39. The second kappa shape index (κ2) is 9.47. The number of nitrogens with one attached hydrogen (secondary N) is 1. The van der Waals surface area contributed by atoms with Gasteiger partial charge in [0.15, 0.2) is 0 Å². The Balaban J connectivity index is 1.38. The number of benzene rings is 2. The number of halogens is 3. The summed E-state index contributed by atoms with van der Waals surface area (Å²) in [6.45, 7) is 0. The molecule has 1 N–H and O–H groups in total. The standard InChI is InChI=1S/C26H20F3N3OS2/c1-30-24-22(35-25(33)32-24)13-15-7-10-20-17(12-15)14-18(31-20)9-8-16-4-2-5-19(21-6-3-11-34-21)23(16)26(27,28)29/h2-7,10-14,18H,8-9H2,1H3,(H,30,32,33)/b22-13-/t18-/m0/s1. The molecule has 1 saturated heterocycles. The molecule has 35 heavy (non-hydrogen) atoms. The summed E-state index contributed by atoms with van der Waals surface area (Å²) in [4.78, 5) is 21.8. The van der Waals surface area contributed by atoms with Crippen molar-refractivity contribution in [2.24, 2.45) is 9.98 Å². The lowest BCUT2D eigenvalue weighted by molar-refractivity contribution is -0.137. The fraction of sp³-hybridized carbons (Fsp3) is 0.192. The van der Waals surface area contributed by atoms with Gasteiger partial charge in [-0.05, 0) is 70.6 Å². The van der Waals surface area contributed by atoms with Crippen LogP contribution in [0.1, 0.15) is 23.1 Å². The third-order valence-corrected chi connectivity index (χ3v) is 7.56. The number of fused-ring (bicyclic) bond motifs is 1. The summed E-state index contributed by atoms with van der Waals surface area (Å²) in [7, 11) is 1.62. The zero-order valence-electron chi connectivity index (χ0n) is 18.6. The minimum atomic E-state index is -4.44. The first-order chi connectivity index (χ1) is 16.8. The Morgan fingerprint density at radius 3 is 2.77 bits per heavy atom. The van der Waals surface area contributed by atoms with Crippen LogP contribution < -0.4 is 15.9 Å². The van der Waals surface area contributed by atoms with E-state index >= 15 is 0 Å². The molecule has 3 aromatic rings. The summed E-state index contributed by atoms with van der Waals surface area (Å²) < 4.78 is 42.1. The molecule has 178 valence electrons. The Kier molecular flexibility index (Phi) is 6.37. The number of hydrogen-bond acceptors (Lipinski definition) is 5. The van der Waals surface area contributed by atoms with Crippen molar-refractivity contribution in [3.8, 4) is 10.4 Å². The van der Waals surface area contributed by atoms with Crippen LogP contribution >= 0.6 is 23.1 Å². The Bertz CT molecular complexity index is 1470.